The van der Waals surface area contributed by atoms with Gasteiger partial charge in [-0.3, -0.25) is 9.59 Å². The molecule has 130 valence electrons. The molecule has 9 heteroatoms. The van der Waals surface area contributed by atoms with Crippen molar-refractivity contribution in [3.63, 3.8) is 0 Å². The number of nitrogens with zero attached hydrogens (tertiary/aromatic N) is 1. The number of ether oxygens (including phenoxy) is 2. The predicted molar refractivity (Wildman–Crippen MR) is 85.2 cm³/mol. The molecule has 0 radical (unpaired) electrons. The summed E-state index contributed by atoms with van der Waals surface area (Å²) < 4.78 is 10.2. The minimum atomic E-state index is -1.10. The van der Waals surface area contributed by atoms with Gasteiger partial charge < -0.3 is 19.9 Å². The van der Waals surface area contributed by atoms with Crippen molar-refractivity contribution in [2.75, 3.05) is 20.3 Å². The largest absolute Gasteiger partial charge is 0.493 e. The Hall–Kier alpha value is -3.10. The van der Waals surface area contributed by atoms with E-state index in [0.29, 0.717) is 17.9 Å². The number of carbonyl (C=O) groups excluding carboxylic acids is 2. The fraction of sp³-hybridized carbons (Fsp3) is 0.333. The topological polar surface area (TPSA) is 126 Å². The van der Waals surface area contributed by atoms with E-state index in [-0.39, 0.29) is 5.75 Å². The van der Waals surface area contributed by atoms with Gasteiger partial charge in [0, 0.05) is 6.54 Å². The first-order chi connectivity index (χ1) is 11.5. The highest BCUT2D eigenvalue weighted by molar-refractivity contribution is 6.35. The molecule has 3 N–H and O–H groups in total. The summed E-state index contributed by atoms with van der Waals surface area (Å²) in [6, 6.07) is 4.65. The highest BCUT2D eigenvalue weighted by Gasteiger charge is 2.11. The molecule has 0 spiro atoms. The maximum atomic E-state index is 11.4. The van der Waals surface area contributed by atoms with E-state index in [1.54, 1.807) is 12.1 Å². The van der Waals surface area contributed by atoms with Crippen molar-refractivity contribution < 1.29 is 29.0 Å². The zero-order chi connectivity index (χ0) is 17.9. The summed E-state index contributed by atoms with van der Waals surface area (Å²) >= 11 is 0. The number of rotatable bonds is 8. The van der Waals surface area contributed by atoms with Crippen LogP contribution in [0.25, 0.3) is 0 Å². The monoisotopic (exact) mass is 337 g/mol. The average Bonchev–Trinajstić information content (AvgIpc) is 2.57. The third-order valence-electron chi connectivity index (χ3n) is 2.66. The van der Waals surface area contributed by atoms with Gasteiger partial charge >= 0.3 is 17.8 Å². The Morgan fingerprint density at radius 3 is 2.62 bits per heavy atom. The van der Waals surface area contributed by atoms with Crippen molar-refractivity contribution in [2.45, 2.75) is 13.3 Å². The molecule has 24 heavy (non-hydrogen) atoms. The number of methoxy groups -OCH3 is 1. The number of amides is 2. The fourth-order valence-corrected chi connectivity index (χ4v) is 1.56. The van der Waals surface area contributed by atoms with Crippen LogP contribution in [0.4, 0.5) is 0 Å². The van der Waals surface area contributed by atoms with Gasteiger partial charge in [0.15, 0.2) is 18.1 Å². The lowest BCUT2D eigenvalue weighted by atomic mass is 10.2. The van der Waals surface area contributed by atoms with Crippen LogP contribution in [0.3, 0.4) is 0 Å². The molecular formula is C15H19N3O6. The van der Waals surface area contributed by atoms with Gasteiger partial charge in [-0.05, 0) is 30.2 Å². The first-order valence-electron chi connectivity index (χ1n) is 7.11. The highest BCUT2D eigenvalue weighted by atomic mass is 16.5. The maximum Gasteiger partial charge on any atom is 0.341 e. The molecule has 0 aliphatic carbocycles. The Balaban J connectivity index is 2.65. The Bertz CT molecular complexity index is 630. The lowest BCUT2D eigenvalue weighted by molar-refractivity contribution is -0.139. The number of benzene rings is 1. The second-order valence-electron chi connectivity index (χ2n) is 4.55. The van der Waals surface area contributed by atoms with E-state index >= 15 is 0 Å². The van der Waals surface area contributed by atoms with E-state index in [0.717, 1.165) is 6.42 Å². The summed E-state index contributed by atoms with van der Waals surface area (Å²) in [6.45, 7) is 1.78. The molecular weight excluding hydrogens is 318 g/mol. The smallest absolute Gasteiger partial charge is 0.341 e. The van der Waals surface area contributed by atoms with E-state index in [4.69, 9.17) is 14.6 Å². The van der Waals surface area contributed by atoms with E-state index in [1.807, 2.05) is 6.92 Å². The minimum absolute atomic E-state index is 0.264. The van der Waals surface area contributed by atoms with E-state index in [1.165, 1.54) is 19.4 Å². The number of carbonyl (C=O) groups is 3. The van der Waals surface area contributed by atoms with Crippen molar-refractivity contribution in [2.24, 2.45) is 5.10 Å². The summed E-state index contributed by atoms with van der Waals surface area (Å²) in [5, 5.41) is 14.7. The molecule has 1 aromatic carbocycles. The molecule has 0 aliphatic rings. The van der Waals surface area contributed by atoms with Gasteiger partial charge in [0.05, 0.1) is 13.3 Å². The first-order valence-corrected chi connectivity index (χ1v) is 7.11. The molecule has 2 amide bonds. The Morgan fingerprint density at radius 1 is 1.25 bits per heavy atom. The molecule has 0 saturated carbocycles. The van der Waals surface area contributed by atoms with Crippen LogP contribution >= 0.6 is 0 Å². The number of carboxylic acids is 1. The van der Waals surface area contributed by atoms with Gasteiger partial charge in [0.1, 0.15) is 0 Å². The van der Waals surface area contributed by atoms with Crippen molar-refractivity contribution in [1.29, 1.82) is 0 Å². The Kier molecular flexibility index (Phi) is 7.76. The maximum absolute atomic E-state index is 11.4. The highest BCUT2D eigenvalue weighted by Crippen LogP contribution is 2.27. The quantitative estimate of drug-likeness (QED) is 0.352. The van der Waals surface area contributed by atoms with Gasteiger partial charge in [0.2, 0.25) is 0 Å². The molecule has 0 saturated heterocycles. The molecule has 0 unspecified atom stereocenters. The Morgan fingerprint density at radius 2 is 2.00 bits per heavy atom. The lowest BCUT2D eigenvalue weighted by Gasteiger charge is -2.09. The van der Waals surface area contributed by atoms with Gasteiger partial charge in [-0.1, -0.05) is 6.92 Å². The Labute approximate surface area is 138 Å². The van der Waals surface area contributed by atoms with Crippen LogP contribution in [0.15, 0.2) is 23.3 Å². The number of nitrogens with one attached hydrogen (secondary N) is 2. The second-order valence-corrected chi connectivity index (χ2v) is 4.55. The standard InChI is InChI=1S/C15H19N3O6/c1-3-6-16-14(21)15(22)18-17-8-10-4-5-11(12(7-10)23-2)24-9-13(19)20/h4-5,7-8H,3,6,9H2,1-2H3,(H,16,21)(H,18,22)(H,19,20)/b17-8-. The van der Waals surface area contributed by atoms with Crippen molar-refractivity contribution in [1.82, 2.24) is 10.7 Å². The van der Waals surface area contributed by atoms with Crippen LogP contribution in [-0.4, -0.2) is 49.4 Å². The van der Waals surface area contributed by atoms with Crippen LogP contribution < -0.4 is 20.2 Å². The molecule has 0 aliphatic heterocycles. The average molecular weight is 337 g/mol. The molecule has 9 nitrogen and oxygen atoms in total. The fourth-order valence-electron chi connectivity index (χ4n) is 1.56. The van der Waals surface area contributed by atoms with Crippen LogP contribution in [0.2, 0.25) is 0 Å². The molecule has 0 heterocycles. The SMILES string of the molecule is CCCNC(=O)C(=O)N/N=C\c1ccc(OCC(=O)O)c(OC)c1. The van der Waals surface area contributed by atoms with E-state index in [2.05, 4.69) is 15.8 Å². The number of carboxylic acid groups (broad SMARTS) is 1. The summed E-state index contributed by atoms with van der Waals surface area (Å²) in [6.07, 6.45) is 2.03. The lowest BCUT2D eigenvalue weighted by Crippen LogP contribution is -2.38. The van der Waals surface area contributed by atoms with Crippen molar-refractivity contribution in [3.8, 4) is 11.5 Å². The van der Waals surface area contributed by atoms with Gasteiger partial charge in [0.25, 0.3) is 0 Å². The molecule has 0 atom stereocenters. The molecule has 0 bridgehead atoms. The molecule has 1 aromatic rings. The number of aliphatic carboxylic acids is 1. The normalized spacial score (nSPS) is 10.2. The summed E-state index contributed by atoms with van der Waals surface area (Å²) in [4.78, 5) is 33.3. The van der Waals surface area contributed by atoms with Gasteiger partial charge in [-0.25, -0.2) is 10.2 Å². The summed E-state index contributed by atoms with van der Waals surface area (Å²) in [5.74, 6) is -2.16. The zero-order valence-corrected chi connectivity index (χ0v) is 13.4. The summed E-state index contributed by atoms with van der Waals surface area (Å²) in [7, 11) is 1.41. The van der Waals surface area contributed by atoms with Gasteiger partial charge in [-0.2, -0.15) is 5.10 Å². The van der Waals surface area contributed by atoms with Gasteiger partial charge in [-0.15, -0.1) is 0 Å². The van der Waals surface area contributed by atoms with E-state index in [9.17, 15) is 14.4 Å². The third kappa shape index (κ3) is 6.34. The van der Waals surface area contributed by atoms with Crippen molar-refractivity contribution in [3.05, 3.63) is 23.8 Å². The minimum Gasteiger partial charge on any atom is -0.493 e. The number of hydrogen-bond donors (Lipinski definition) is 3. The predicted octanol–water partition coefficient (Wildman–Crippen LogP) is 0.135. The van der Waals surface area contributed by atoms with E-state index < -0.39 is 24.4 Å². The molecule has 1 rings (SSSR count). The zero-order valence-electron chi connectivity index (χ0n) is 13.4. The first kappa shape index (κ1) is 18.9. The van der Waals surface area contributed by atoms with Crippen molar-refractivity contribution >= 4 is 24.0 Å². The second kappa shape index (κ2) is 9.82. The number of hydrogen-bond acceptors (Lipinski definition) is 6. The molecule has 0 aromatic heterocycles. The number of hydrazone groups is 1. The van der Waals surface area contributed by atoms with Crippen LogP contribution in [-0.2, 0) is 14.4 Å². The van der Waals surface area contributed by atoms with Crippen LogP contribution in [0.5, 0.6) is 11.5 Å². The van der Waals surface area contributed by atoms with Crippen LogP contribution in [0.1, 0.15) is 18.9 Å². The third-order valence-corrected chi connectivity index (χ3v) is 2.66. The van der Waals surface area contributed by atoms with Crippen LogP contribution in [0, 0.1) is 0 Å². The molecule has 0 fully saturated rings. The summed E-state index contributed by atoms with van der Waals surface area (Å²) in [5.41, 5.74) is 2.66.